The number of fused-ring (bicyclic) bond motifs is 1. The smallest absolute Gasteiger partial charge is 0.0704 e. The molecule has 17 heavy (non-hydrogen) atoms. The Labute approximate surface area is 110 Å². The van der Waals surface area contributed by atoms with Gasteiger partial charge in [-0.25, -0.2) is 0 Å². The van der Waals surface area contributed by atoms with E-state index >= 15 is 0 Å². The lowest BCUT2D eigenvalue weighted by molar-refractivity contribution is 0.564. The molecule has 88 valence electrons. The average molecular weight is 290 g/mol. The number of aromatic nitrogens is 1. The molecule has 1 aliphatic carbocycles. The highest BCUT2D eigenvalue weighted by Crippen LogP contribution is 2.34. The normalized spacial score (nSPS) is 24.3. The molecule has 3 rings (SSSR count). The number of hydrogen-bond donors (Lipinski definition) is 0. The third kappa shape index (κ3) is 2.23. The summed E-state index contributed by atoms with van der Waals surface area (Å²) in [5.74, 6) is 0.792. The first-order valence-corrected chi connectivity index (χ1v) is 7.23. The summed E-state index contributed by atoms with van der Waals surface area (Å²) in [4.78, 5) is 5.13. The zero-order valence-corrected chi connectivity index (χ0v) is 11.4. The van der Waals surface area contributed by atoms with Crippen molar-refractivity contribution in [2.75, 3.05) is 0 Å². The summed E-state index contributed by atoms with van der Waals surface area (Å²) < 4.78 is 0. The molecule has 2 heteroatoms. The molecule has 1 nitrogen and oxygen atoms in total. The van der Waals surface area contributed by atoms with E-state index in [1.165, 1.54) is 36.6 Å². The van der Waals surface area contributed by atoms with Gasteiger partial charge in [-0.15, -0.1) is 0 Å². The minimum absolute atomic E-state index is 0.703. The highest BCUT2D eigenvalue weighted by Gasteiger charge is 2.25. The number of benzene rings is 1. The van der Waals surface area contributed by atoms with Crippen LogP contribution in [0.3, 0.4) is 0 Å². The molecule has 1 aromatic carbocycles. The molecule has 1 saturated carbocycles. The van der Waals surface area contributed by atoms with Gasteiger partial charge in [-0.05, 0) is 42.9 Å². The fourth-order valence-corrected chi connectivity index (χ4v) is 3.61. The first-order valence-electron chi connectivity index (χ1n) is 6.31. The van der Waals surface area contributed by atoms with Crippen molar-refractivity contribution >= 4 is 26.8 Å². The van der Waals surface area contributed by atoms with E-state index in [1.807, 2.05) is 6.20 Å². The Balaban J connectivity index is 1.94. The van der Waals surface area contributed by atoms with Crippen LogP contribution in [0.15, 0.2) is 36.5 Å². The lowest BCUT2D eigenvalue weighted by Crippen LogP contribution is -2.10. The number of para-hydroxylation sites is 1. The fourth-order valence-electron chi connectivity index (χ4n) is 2.84. The van der Waals surface area contributed by atoms with Crippen LogP contribution in [0.25, 0.3) is 10.9 Å². The molecule has 1 aromatic heterocycles. The lowest BCUT2D eigenvalue weighted by atomic mass is 9.96. The van der Waals surface area contributed by atoms with Crippen LogP contribution in [-0.4, -0.2) is 9.81 Å². The summed E-state index contributed by atoms with van der Waals surface area (Å²) in [7, 11) is 0. The first-order chi connectivity index (χ1) is 8.34. The van der Waals surface area contributed by atoms with Crippen LogP contribution in [-0.2, 0) is 6.42 Å². The van der Waals surface area contributed by atoms with Gasteiger partial charge in [-0.2, -0.15) is 0 Å². The molecule has 0 N–H and O–H groups in total. The van der Waals surface area contributed by atoms with Gasteiger partial charge in [0.1, 0.15) is 0 Å². The molecule has 0 spiro atoms. The summed E-state index contributed by atoms with van der Waals surface area (Å²) in [5, 5.41) is 1.32. The predicted molar refractivity (Wildman–Crippen MR) is 75.5 cm³/mol. The molecule has 0 bridgehead atoms. The highest BCUT2D eigenvalue weighted by atomic mass is 79.9. The number of nitrogens with zero attached hydrogens (tertiary/aromatic N) is 1. The second-order valence-corrected chi connectivity index (χ2v) is 6.07. The molecule has 2 unspecified atom stereocenters. The summed E-state index contributed by atoms with van der Waals surface area (Å²) in [6.07, 6.45) is 7.17. The van der Waals surface area contributed by atoms with Crippen molar-refractivity contribution in [3.05, 3.63) is 42.1 Å². The number of alkyl halides is 1. The van der Waals surface area contributed by atoms with E-state index in [0.29, 0.717) is 4.83 Å². The Bertz CT molecular complexity index is 518. The average Bonchev–Trinajstić information content (AvgIpc) is 2.76. The number of halogens is 1. The van der Waals surface area contributed by atoms with E-state index in [4.69, 9.17) is 0 Å². The van der Waals surface area contributed by atoms with E-state index in [1.54, 1.807) is 0 Å². The second kappa shape index (κ2) is 4.77. The molecular formula is C15H16BrN. The van der Waals surface area contributed by atoms with Gasteiger partial charge in [0.05, 0.1) is 5.52 Å². The summed E-state index contributed by atoms with van der Waals surface area (Å²) in [6, 6.07) is 10.6. The van der Waals surface area contributed by atoms with Crippen molar-refractivity contribution in [1.29, 1.82) is 0 Å². The fraction of sp³-hybridized carbons (Fsp3) is 0.400. The van der Waals surface area contributed by atoms with E-state index in [0.717, 1.165) is 11.4 Å². The predicted octanol–water partition coefficient (Wildman–Crippen LogP) is 4.34. The summed E-state index contributed by atoms with van der Waals surface area (Å²) in [5.41, 5.74) is 2.57. The second-order valence-electron chi connectivity index (χ2n) is 4.90. The van der Waals surface area contributed by atoms with Gasteiger partial charge in [0, 0.05) is 16.4 Å². The van der Waals surface area contributed by atoms with E-state index in [2.05, 4.69) is 51.2 Å². The molecule has 2 atom stereocenters. The van der Waals surface area contributed by atoms with E-state index in [-0.39, 0.29) is 0 Å². The van der Waals surface area contributed by atoms with Crippen LogP contribution < -0.4 is 0 Å². The van der Waals surface area contributed by atoms with Crippen molar-refractivity contribution in [2.24, 2.45) is 5.92 Å². The largest absolute Gasteiger partial charge is 0.256 e. The minimum atomic E-state index is 0.703. The van der Waals surface area contributed by atoms with Gasteiger partial charge in [0.25, 0.3) is 0 Å². The van der Waals surface area contributed by atoms with Crippen molar-refractivity contribution in [2.45, 2.75) is 30.5 Å². The van der Waals surface area contributed by atoms with Gasteiger partial charge in [-0.3, -0.25) is 4.98 Å². The van der Waals surface area contributed by atoms with E-state index < -0.39 is 0 Å². The molecular weight excluding hydrogens is 274 g/mol. The maximum Gasteiger partial charge on any atom is 0.0704 e. The van der Waals surface area contributed by atoms with Gasteiger partial charge in [0.2, 0.25) is 0 Å². The summed E-state index contributed by atoms with van der Waals surface area (Å²) in [6.45, 7) is 0. The number of pyridine rings is 1. The third-order valence-corrected chi connectivity index (χ3v) is 4.99. The van der Waals surface area contributed by atoms with Crippen molar-refractivity contribution in [1.82, 2.24) is 4.98 Å². The third-order valence-electron chi connectivity index (χ3n) is 3.79. The Hall–Kier alpha value is -0.890. The van der Waals surface area contributed by atoms with Crippen molar-refractivity contribution in [3.63, 3.8) is 0 Å². The topological polar surface area (TPSA) is 12.9 Å². The van der Waals surface area contributed by atoms with Gasteiger partial charge in [-0.1, -0.05) is 40.5 Å². The van der Waals surface area contributed by atoms with Crippen molar-refractivity contribution in [3.8, 4) is 0 Å². The molecule has 0 amide bonds. The Morgan fingerprint density at radius 1 is 1.18 bits per heavy atom. The number of hydrogen-bond acceptors (Lipinski definition) is 1. The zero-order valence-electron chi connectivity index (χ0n) is 9.77. The van der Waals surface area contributed by atoms with Crippen LogP contribution in [0.5, 0.6) is 0 Å². The molecule has 2 aromatic rings. The van der Waals surface area contributed by atoms with Crippen molar-refractivity contribution < 1.29 is 0 Å². The standard InChI is InChI=1S/C15H16BrN/c16-14-6-3-4-12(14)10-11-8-9-17-15-7-2-1-5-13(11)15/h1-2,5,7-9,12,14H,3-4,6,10H2. The molecule has 0 aliphatic heterocycles. The lowest BCUT2D eigenvalue weighted by Gasteiger charge is -2.15. The van der Waals surface area contributed by atoms with Crippen LogP contribution >= 0.6 is 15.9 Å². The molecule has 0 saturated heterocycles. The molecule has 1 fully saturated rings. The quantitative estimate of drug-likeness (QED) is 0.750. The highest BCUT2D eigenvalue weighted by molar-refractivity contribution is 9.09. The Morgan fingerprint density at radius 3 is 2.88 bits per heavy atom. The van der Waals surface area contributed by atoms with E-state index in [9.17, 15) is 0 Å². The molecule has 0 radical (unpaired) electrons. The Kier molecular flexibility index (Phi) is 3.15. The van der Waals surface area contributed by atoms with Crippen LogP contribution in [0, 0.1) is 5.92 Å². The Morgan fingerprint density at radius 2 is 2.06 bits per heavy atom. The van der Waals surface area contributed by atoms with Gasteiger partial charge < -0.3 is 0 Å². The van der Waals surface area contributed by atoms with Crippen LogP contribution in [0.4, 0.5) is 0 Å². The monoisotopic (exact) mass is 289 g/mol. The first kappa shape index (κ1) is 11.2. The maximum atomic E-state index is 4.42. The van der Waals surface area contributed by atoms with Gasteiger partial charge >= 0.3 is 0 Å². The maximum absolute atomic E-state index is 4.42. The van der Waals surface area contributed by atoms with Gasteiger partial charge in [0.15, 0.2) is 0 Å². The number of rotatable bonds is 2. The molecule has 1 heterocycles. The SMILES string of the molecule is BrC1CCCC1Cc1ccnc2ccccc12. The molecule has 1 aliphatic rings. The minimum Gasteiger partial charge on any atom is -0.256 e. The van der Waals surface area contributed by atoms with Crippen LogP contribution in [0.2, 0.25) is 0 Å². The zero-order chi connectivity index (χ0) is 11.7. The van der Waals surface area contributed by atoms with Crippen LogP contribution in [0.1, 0.15) is 24.8 Å². The summed E-state index contributed by atoms with van der Waals surface area (Å²) >= 11 is 3.81.